The van der Waals surface area contributed by atoms with Gasteiger partial charge in [0.25, 0.3) is 5.91 Å². The van der Waals surface area contributed by atoms with E-state index >= 15 is 0 Å². The number of aromatic nitrogens is 2. The van der Waals surface area contributed by atoms with Crippen molar-refractivity contribution < 1.29 is 14.3 Å². The molecule has 5 rings (SSSR count). The topological polar surface area (TPSA) is 79.8 Å². The number of thiazole rings is 1. The third kappa shape index (κ3) is 5.71. The van der Waals surface area contributed by atoms with Gasteiger partial charge in [-0.3, -0.25) is 9.78 Å². The van der Waals surface area contributed by atoms with E-state index in [9.17, 15) is 4.79 Å². The minimum Gasteiger partial charge on any atom is -0.487 e. The Hall–Kier alpha value is -3.79. The Balaban J connectivity index is 1.29. The zero-order chi connectivity index (χ0) is 24.7. The Morgan fingerprint density at radius 3 is 2.75 bits per heavy atom. The van der Waals surface area contributed by atoms with Crippen molar-refractivity contribution in [2.24, 2.45) is 0 Å². The number of carbonyl (C=O) groups is 1. The molecule has 1 aliphatic heterocycles. The summed E-state index contributed by atoms with van der Waals surface area (Å²) in [5.41, 5.74) is 3.49. The third-order valence-corrected chi connectivity index (χ3v) is 6.56. The lowest BCUT2D eigenvalue weighted by Gasteiger charge is -2.36. The van der Waals surface area contributed by atoms with E-state index in [4.69, 9.17) is 14.5 Å². The predicted molar refractivity (Wildman–Crippen MR) is 143 cm³/mol. The van der Waals surface area contributed by atoms with Crippen LogP contribution in [0.2, 0.25) is 0 Å². The number of anilines is 3. The van der Waals surface area contributed by atoms with Crippen molar-refractivity contribution in [3.63, 3.8) is 0 Å². The summed E-state index contributed by atoms with van der Waals surface area (Å²) in [5, 5.41) is 7.92. The van der Waals surface area contributed by atoms with E-state index in [1.54, 1.807) is 34.7 Å². The number of hydrogen-bond acceptors (Lipinski definition) is 8. The van der Waals surface area contributed by atoms with Gasteiger partial charge in [-0.25, -0.2) is 15.0 Å². The number of fused-ring (bicyclic) bond motifs is 1. The van der Waals surface area contributed by atoms with Gasteiger partial charge in [-0.1, -0.05) is 23.5 Å². The van der Waals surface area contributed by atoms with Crippen LogP contribution < -0.4 is 15.1 Å². The Kier molecular flexibility index (Phi) is 7.51. The van der Waals surface area contributed by atoms with Crippen LogP contribution in [0.15, 0.2) is 79.0 Å². The van der Waals surface area contributed by atoms with Crippen LogP contribution in [0.3, 0.4) is 0 Å². The number of nitrogens with one attached hydrogen (secondary N) is 1. The molecular formula is C27H27N5O3S. The first-order chi connectivity index (χ1) is 17.7. The van der Waals surface area contributed by atoms with E-state index in [-0.39, 0.29) is 5.91 Å². The molecule has 4 aromatic rings. The molecule has 1 saturated heterocycles. The lowest BCUT2D eigenvalue weighted by Crippen LogP contribution is -2.51. The summed E-state index contributed by atoms with van der Waals surface area (Å²) < 4.78 is 12.3. The van der Waals surface area contributed by atoms with Crippen molar-refractivity contribution >= 4 is 44.0 Å². The minimum absolute atomic E-state index is 0.0769. The van der Waals surface area contributed by atoms with Crippen LogP contribution in [-0.2, 0) is 16.1 Å². The number of carbonyl (C=O) groups excluding carboxylic acids is 1. The molecule has 2 aromatic heterocycles. The molecule has 1 fully saturated rings. The van der Waals surface area contributed by atoms with Gasteiger partial charge in [-0.15, -0.1) is 0 Å². The molecule has 0 atom stereocenters. The van der Waals surface area contributed by atoms with E-state index in [0.29, 0.717) is 32.9 Å². The first kappa shape index (κ1) is 23.9. The van der Waals surface area contributed by atoms with Gasteiger partial charge in [0.1, 0.15) is 12.4 Å². The summed E-state index contributed by atoms with van der Waals surface area (Å²) in [6.45, 7) is 4.80. The molecule has 0 radical (unpaired) electrons. The fourth-order valence-corrected chi connectivity index (χ4v) is 4.81. The Labute approximate surface area is 213 Å². The number of allylic oxidation sites excluding steroid dienone is 1. The maximum atomic E-state index is 12.9. The average Bonchev–Trinajstić information content (AvgIpc) is 3.31. The number of pyridine rings is 1. The first-order valence-electron chi connectivity index (χ1n) is 11.8. The van der Waals surface area contributed by atoms with Gasteiger partial charge >= 0.3 is 0 Å². The lowest BCUT2D eigenvalue weighted by molar-refractivity contribution is -0.118. The molecule has 0 unspecified atom stereocenters. The first-order valence-corrected chi connectivity index (χ1v) is 12.6. The fraction of sp³-hybridized carbons (Fsp3) is 0.222. The molecule has 184 valence electrons. The molecule has 0 aliphatic carbocycles. The number of amides is 1. The van der Waals surface area contributed by atoms with Crippen molar-refractivity contribution in [3.8, 4) is 5.75 Å². The van der Waals surface area contributed by atoms with Crippen LogP contribution in [0.1, 0.15) is 12.6 Å². The quantitative estimate of drug-likeness (QED) is 0.334. The zero-order valence-corrected chi connectivity index (χ0v) is 20.8. The number of rotatable bonds is 8. The van der Waals surface area contributed by atoms with Crippen LogP contribution in [0.4, 0.5) is 16.5 Å². The number of benzene rings is 2. The highest BCUT2D eigenvalue weighted by molar-refractivity contribution is 7.22. The second-order valence-electron chi connectivity index (χ2n) is 8.15. The van der Waals surface area contributed by atoms with Crippen molar-refractivity contribution in [1.82, 2.24) is 15.0 Å². The van der Waals surface area contributed by atoms with Crippen molar-refractivity contribution in [2.75, 3.05) is 36.6 Å². The van der Waals surface area contributed by atoms with Gasteiger partial charge in [-0.05, 0) is 61.5 Å². The summed E-state index contributed by atoms with van der Waals surface area (Å²) in [6.07, 6.45) is 5.11. The molecule has 2 aromatic carbocycles. The summed E-state index contributed by atoms with van der Waals surface area (Å²) in [4.78, 5) is 21.9. The van der Waals surface area contributed by atoms with E-state index in [2.05, 4.69) is 10.3 Å². The van der Waals surface area contributed by atoms with Crippen LogP contribution in [0, 0.1) is 0 Å². The molecule has 0 bridgehead atoms. The molecule has 1 amide bonds. The van der Waals surface area contributed by atoms with Crippen LogP contribution in [0.5, 0.6) is 5.75 Å². The monoisotopic (exact) mass is 501 g/mol. The Morgan fingerprint density at radius 1 is 1.17 bits per heavy atom. The highest BCUT2D eigenvalue weighted by Gasteiger charge is 2.24. The molecular weight excluding hydrogens is 474 g/mol. The number of ether oxygens (including phenoxy) is 2. The van der Waals surface area contributed by atoms with E-state index < -0.39 is 0 Å². The molecule has 3 heterocycles. The average molecular weight is 502 g/mol. The second-order valence-corrected chi connectivity index (χ2v) is 9.18. The Morgan fingerprint density at radius 2 is 2.00 bits per heavy atom. The number of hydrogen-bond donors (Lipinski definition) is 1. The molecule has 9 heteroatoms. The highest BCUT2D eigenvalue weighted by Crippen LogP contribution is 2.32. The normalized spacial score (nSPS) is 14.2. The standard InChI is InChI=1S/C27H27N5O3S/c1-2-5-26(33)32(31-14-16-34-17-15-31)22-9-12-24-25(18-22)36-27(30-24)29-20-7-10-23(11-8-20)35-19-21-6-3-4-13-28-21/h2-13,18H,14-17,19H2,1H3,(H,29,30). The van der Waals surface area contributed by atoms with Gasteiger partial charge < -0.3 is 14.8 Å². The number of hydrazine groups is 1. The molecule has 0 spiro atoms. The second kappa shape index (κ2) is 11.3. The fourth-order valence-electron chi connectivity index (χ4n) is 3.89. The minimum atomic E-state index is -0.0769. The lowest BCUT2D eigenvalue weighted by atomic mass is 10.2. The molecule has 1 aliphatic rings. The summed E-state index contributed by atoms with van der Waals surface area (Å²) in [7, 11) is 0. The van der Waals surface area contributed by atoms with Gasteiger partial charge in [0.2, 0.25) is 0 Å². The van der Waals surface area contributed by atoms with Gasteiger partial charge in [0, 0.05) is 31.0 Å². The molecule has 1 N–H and O–H groups in total. The SMILES string of the molecule is CC=CC(=O)N(c1ccc2nc(Nc3ccc(OCc4ccccn4)cc3)sc2c1)N1CCOCC1. The summed E-state index contributed by atoms with van der Waals surface area (Å²) >= 11 is 1.55. The molecule has 8 nitrogen and oxygen atoms in total. The van der Waals surface area contributed by atoms with Crippen molar-refractivity contribution in [1.29, 1.82) is 0 Å². The van der Waals surface area contributed by atoms with E-state index in [1.807, 2.05) is 72.6 Å². The van der Waals surface area contributed by atoms with Gasteiger partial charge in [0.15, 0.2) is 5.13 Å². The summed E-state index contributed by atoms with van der Waals surface area (Å²) in [5.74, 6) is 0.695. The number of nitrogens with zero attached hydrogens (tertiary/aromatic N) is 4. The molecule has 0 saturated carbocycles. The van der Waals surface area contributed by atoms with Crippen LogP contribution in [-0.4, -0.2) is 47.2 Å². The Bertz CT molecular complexity index is 1330. The summed E-state index contributed by atoms with van der Waals surface area (Å²) in [6, 6.07) is 19.4. The maximum Gasteiger partial charge on any atom is 0.265 e. The molecule has 36 heavy (non-hydrogen) atoms. The predicted octanol–water partition coefficient (Wildman–Crippen LogP) is 5.17. The van der Waals surface area contributed by atoms with Gasteiger partial charge in [-0.2, -0.15) is 0 Å². The van der Waals surface area contributed by atoms with Crippen LogP contribution in [0.25, 0.3) is 10.2 Å². The maximum absolute atomic E-state index is 12.9. The largest absolute Gasteiger partial charge is 0.487 e. The number of morpholine rings is 1. The van der Waals surface area contributed by atoms with Gasteiger partial charge in [0.05, 0.1) is 34.8 Å². The van der Waals surface area contributed by atoms with E-state index in [0.717, 1.165) is 38.2 Å². The van der Waals surface area contributed by atoms with E-state index in [1.165, 1.54) is 0 Å². The third-order valence-electron chi connectivity index (χ3n) is 5.62. The highest BCUT2D eigenvalue weighted by atomic mass is 32.1. The zero-order valence-electron chi connectivity index (χ0n) is 20.0. The smallest absolute Gasteiger partial charge is 0.265 e. The van der Waals surface area contributed by atoms with Crippen LogP contribution >= 0.6 is 11.3 Å². The van der Waals surface area contributed by atoms with Crippen molar-refractivity contribution in [3.05, 3.63) is 84.7 Å². The van der Waals surface area contributed by atoms with Crippen molar-refractivity contribution in [2.45, 2.75) is 13.5 Å².